The van der Waals surface area contributed by atoms with Gasteiger partial charge in [0.25, 0.3) is 0 Å². The lowest BCUT2D eigenvalue weighted by Gasteiger charge is -2.10. The summed E-state index contributed by atoms with van der Waals surface area (Å²) < 4.78 is 26.5. The van der Waals surface area contributed by atoms with Crippen molar-refractivity contribution in [3.63, 3.8) is 0 Å². The van der Waals surface area contributed by atoms with Gasteiger partial charge in [-0.05, 0) is 37.1 Å². The molecule has 7 heteroatoms. The normalized spacial score (nSPS) is 11.8. The second kappa shape index (κ2) is 7.80. The molecule has 26 heavy (non-hydrogen) atoms. The van der Waals surface area contributed by atoms with E-state index in [0.29, 0.717) is 12.4 Å². The van der Waals surface area contributed by atoms with E-state index in [-0.39, 0.29) is 11.8 Å². The average molecular weight is 370 g/mol. The van der Waals surface area contributed by atoms with Crippen LogP contribution >= 0.6 is 0 Å². The van der Waals surface area contributed by atoms with Crippen LogP contribution in [-0.4, -0.2) is 24.4 Å². The highest BCUT2D eigenvalue weighted by Crippen LogP contribution is 2.13. The standard InChI is InChI=1S/C19H22N4O2S/c1-14(2)23-26(24,25)13-16-9-7-15(8-10-16)11-21-19-12-20-17-5-3-4-6-18(17)22-19/h3-10,12,14,23H,11,13H2,1-2H3,(H,21,22). The van der Waals surface area contributed by atoms with E-state index in [1.807, 2.05) is 62.4 Å². The van der Waals surface area contributed by atoms with Gasteiger partial charge in [-0.25, -0.2) is 18.1 Å². The highest BCUT2D eigenvalue weighted by molar-refractivity contribution is 7.88. The minimum absolute atomic E-state index is 0.0188. The SMILES string of the molecule is CC(C)NS(=O)(=O)Cc1ccc(CNc2cnc3ccccc3n2)cc1. The van der Waals surface area contributed by atoms with E-state index in [9.17, 15) is 8.42 Å². The number of fused-ring (bicyclic) bond motifs is 1. The number of hydrogen-bond donors (Lipinski definition) is 2. The summed E-state index contributed by atoms with van der Waals surface area (Å²) in [6, 6.07) is 15.1. The quantitative estimate of drug-likeness (QED) is 0.668. The van der Waals surface area contributed by atoms with Gasteiger partial charge in [0.15, 0.2) is 0 Å². The van der Waals surface area contributed by atoms with Gasteiger partial charge in [0, 0.05) is 12.6 Å². The van der Waals surface area contributed by atoms with Gasteiger partial charge in [-0.15, -0.1) is 0 Å². The maximum atomic E-state index is 12.0. The number of aromatic nitrogens is 2. The molecule has 0 aliphatic rings. The molecule has 3 aromatic rings. The van der Waals surface area contributed by atoms with E-state index < -0.39 is 10.0 Å². The maximum Gasteiger partial charge on any atom is 0.216 e. The fraction of sp³-hybridized carbons (Fsp3) is 0.263. The first-order valence-corrected chi connectivity index (χ1v) is 10.1. The van der Waals surface area contributed by atoms with Crippen LogP contribution in [0, 0.1) is 0 Å². The number of benzene rings is 2. The number of nitrogens with one attached hydrogen (secondary N) is 2. The third-order valence-electron chi connectivity index (χ3n) is 3.72. The van der Waals surface area contributed by atoms with Gasteiger partial charge >= 0.3 is 0 Å². The van der Waals surface area contributed by atoms with Crippen LogP contribution in [0.4, 0.5) is 5.82 Å². The van der Waals surface area contributed by atoms with E-state index in [0.717, 1.165) is 22.2 Å². The molecule has 136 valence electrons. The molecule has 1 aromatic heterocycles. The zero-order valence-electron chi connectivity index (χ0n) is 14.8. The maximum absolute atomic E-state index is 12.0. The number of sulfonamides is 1. The Morgan fingerprint density at radius 3 is 2.31 bits per heavy atom. The molecule has 0 bridgehead atoms. The Morgan fingerprint density at radius 2 is 1.62 bits per heavy atom. The van der Waals surface area contributed by atoms with Gasteiger partial charge in [-0.3, -0.25) is 4.98 Å². The first-order chi connectivity index (χ1) is 12.4. The van der Waals surface area contributed by atoms with Gasteiger partial charge in [-0.2, -0.15) is 0 Å². The summed E-state index contributed by atoms with van der Waals surface area (Å²) in [6.07, 6.45) is 1.71. The summed E-state index contributed by atoms with van der Waals surface area (Å²) in [4.78, 5) is 8.90. The smallest absolute Gasteiger partial charge is 0.216 e. The molecule has 2 N–H and O–H groups in total. The number of anilines is 1. The van der Waals surface area contributed by atoms with Crippen molar-refractivity contribution in [3.8, 4) is 0 Å². The van der Waals surface area contributed by atoms with Gasteiger partial charge < -0.3 is 5.32 Å². The first-order valence-electron chi connectivity index (χ1n) is 8.45. The molecule has 0 aliphatic heterocycles. The molecule has 0 aliphatic carbocycles. The van der Waals surface area contributed by atoms with Crippen molar-refractivity contribution in [3.05, 3.63) is 65.9 Å². The minimum Gasteiger partial charge on any atom is -0.365 e. The Morgan fingerprint density at radius 1 is 0.962 bits per heavy atom. The molecule has 0 spiro atoms. The second-order valence-electron chi connectivity index (χ2n) is 6.45. The number of hydrogen-bond acceptors (Lipinski definition) is 5. The molecule has 0 atom stereocenters. The lowest BCUT2D eigenvalue weighted by molar-refractivity contribution is 0.569. The molecule has 0 radical (unpaired) electrons. The molecule has 1 heterocycles. The summed E-state index contributed by atoms with van der Waals surface area (Å²) in [5, 5.41) is 3.24. The molecule has 0 saturated carbocycles. The molecule has 0 fully saturated rings. The molecule has 3 rings (SSSR count). The Bertz CT molecular complexity index is 986. The van der Waals surface area contributed by atoms with Gasteiger partial charge in [0.05, 0.1) is 23.0 Å². The molecular formula is C19H22N4O2S. The van der Waals surface area contributed by atoms with Crippen LogP contribution in [0.1, 0.15) is 25.0 Å². The van der Waals surface area contributed by atoms with Gasteiger partial charge in [0.2, 0.25) is 10.0 Å². The fourth-order valence-corrected chi connectivity index (χ4v) is 4.04. The van der Waals surface area contributed by atoms with Crippen LogP contribution in [-0.2, 0) is 22.3 Å². The van der Waals surface area contributed by atoms with E-state index >= 15 is 0 Å². The fourth-order valence-electron chi connectivity index (χ4n) is 2.61. The molecule has 0 unspecified atom stereocenters. The van der Waals surface area contributed by atoms with Crippen molar-refractivity contribution in [2.45, 2.75) is 32.2 Å². The van der Waals surface area contributed by atoms with Crippen LogP contribution in [0.2, 0.25) is 0 Å². The highest BCUT2D eigenvalue weighted by Gasteiger charge is 2.12. The van der Waals surface area contributed by atoms with Crippen molar-refractivity contribution in [2.24, 2.45) is 0 Å². The molecule has 6 nitrogen and oxygen atoms in total. The summed E-state index contributed by atoms with van der Waals surface area (Å²) in [5.74, 6) is 0.686. The van der Waals surface area contributed by atoms with E-state index in [1.165, 1.54) is 0 Å². The third kappa shape index (κ3) is 5.00. The van der Waals surface area contributed by atoms with Crippen molar-refractivity contribution >= 4 is 26.9 Å². The van der Waals surface area contributed by atoms with Gasteiger partial charge in [0.1, 0.15) is 5.82 Å². The molecule has 0 saturated heterocycles. The summed E-state index contributed by atoms with van der Waals surface area (Å²) in [6.45, 7) is 4.20. The lowest BCUT2D eigenvalue weighted by Crippen LogP contribution is -2.31. The number of rotatable bonds is 7. The molecule has 0 amide bonds. The first kappa shape index (κ1) is 18.3. The predicted molar refractivity (Wildman–Crippen MR) is 104 cm³/mol. The topological polar surface area (TPSA) is 84.0 Å². The van der Waals surface area contributed by atoms with Crippen molar-refractivity contribution in [1.82, 2.24) is 14.7 Å². The predicted octanol–water partition coefficient (Wildman–Crippen LogP) is 3.07. The molecule has 2 aromatic carbocycles. The lowest BCUT2D eigenvalue weighted by atomic mass is 10.1. The minimum atomic E-state index is -3.31. The zero-order chi connectivity index (χ0) is 18.6. The zero-order valence-corrected chi connectivity index (χ0v) is 15.6. The average Bonchev–Trinajstić information content (AvgIpc) is 2.59. The van der Waals surface area contributed by atoms with Crippen LogP contribution < -0.4 is 10.0 Å². The van der Waals surface area contributed by atoms with Crippen LogP contribution in [0.25, 0.3) is 11.0 Å². The summed E-state index contributed by atoms with van der Waals surface area (Å²) in [7, 11) is -3.31. The Kier molecular flexibility index (Phi) is 5.49. The largest absolute Gasteiger partial charge is 0.365 e. The van der Waals surface area contributed by atoms with E-state index in [1.54, 1.807) is 6.20 Å². The Hall–Kier alpha value is -2.51. The van der Waals surface area contributed by atoms with Crippen LogP contribution in [0.15, 0.2) is 54.7 Å². The monoisotopic (exact) mass is 370 g/mol. The van der Waals surface area contributed by atoms with E-state index in [4.69, 9.17) is 0 Å². The molecular weight excluding hydrogens is 348 g/mol. The van der Waals surface area contributed by atoms with Crippen molar-refractivity contribution in [1.29, 1.82) is 0 Å². The summed E-state index contributed by atoms with van der Waals surface area (Å²) in [5.41, 5.74) is 3.50. The third-order valence-corrected chi connectivity index (χ3v) is 5.26. The van der Waals surface area contributed by atoms with Gasteiger partial charge in [-0.1, -0.05) is 36.4 Å². The number of nitrogens with zero attached hydrogens (tertiary/aromatic N) is 2. The van der Waals surface area contributed by atoms with Crippen LogP contribution in [0.3, 0.4) is 0 Å². The van der Waals surface area contributed by atoms with Crippen molar-refractivity contribution < 1.29 is 8.42 Å². The highest BCUT2D eigenvalue weighted by atomic mass is 32.2. The second-order valence-corrected chi connectivity index (χ2v) is 8.20. The number of para-hydroxylation sites is 2. The van der Waals surface area contributed by atoms with E-state index in [2.05, 4.69) is 20.0 Å². The van der Waals surface area contributed by atoms with Crippen molar-refractivity contribution in [2.75, 3.05) is 5.32 Å². The Labute approximate surface area is 153 Å². The summed E-state index contributed by atoms with van der Waals surface area (Å²) >= 11 is 0. The van der Waals surface area contributed by atoms with Crippen LogP contribution in [0.5, 0.6) is 0 Å². The Balaban J connectivity index is 1.62.